The van der Waals surface area contributed by atoms with Gasteiger partial charge in [0.2, 0.25) is 5.91 Å². The number of hydrogen-bond donors (Lipinski definition) is 0. The van der Waals surface area contributed by atoms with Crippen LogP contribution >= 0.6 is 15.9 Å². The molecule has 1 heterocycles. The van der Waals surface area contributed by atoms with E-state index in [2.05, 4.69) is 15.9 Å². The minimum absolute atomic E-state index is 0.0607. The third kappa shape index (κ3) is 3.39. The van der Waals surface area contributed by atoms with Gasteiger partial charge in [0.05, 0.1) is 19.4 Å². The molecule has 4 nitrogen and oxygen atoms in total. The first-order valence-corrected chi connectivity index (χ1v) is 7.40. The minimum atomic E-state index is -0.226. The Labute approximate surface area is 127 Å². The third-order valence-corrected chi connectivity index (χ3v) is 4.27. The molecule has 0 saturated carbocycles. The lowest BCUT2D eigenvalue weighted by atomic mass is 9.99. The predicted molar refractivity (Wildman–Crippen MR) is 79.1 cm³/mol. The quantitative estimate of drug-likeness (QED) is 0.793. The number of likely N-dealkylation sites (tertiary alicyclic amines) is 1. The van der Waals surface area contributed by atoms with Crippen molar-refractivity contribution in [3.05, 3.63) is 34.3 Å². The van der Waals surface area contributed by atoms with Gasteiger partial charge in [-0.05, 0) is 23.6 Å². The Morgan fingerprint density at radius 2 is 1.95 bits per heavy atom. The maximum absolute atomic E-state index is 12.3. The highest BCUT2D eigenvalue weighted by Crippen LogP contribution is 2.24. The molecule has 0 aromatic heterocycles. The molecular weight excluding hydrogens is 322 g/mol. The van der Waals surface area contributed by atoms with Crippen LogP contribution in [0.15, 0.2) is 28.7 Å². The molecule has 0 radical (unpaired) electrons. The maximum Gasteiger partial charge on any atom is 0.310 e. The van der Waals surface area contributed by atoms with Gasteiger partial charge in [0.25, 0.3) is 0 Å². The summed E-state index contributed by atoms with van der Waals surface area (Å²) < 4.78 is 5.78. The van der Waals surface area contributed by atoms with Gasteiger partial charge in [0.15, 0.2) is 0 Å². The molecule has 5 heteroatoms. The predicted octanol–water partition coefficient (Wildman–Crippen LogP) is 2.26. The number of rotatable bonds is 3. The first kappa shape index (κ1) is 15.0. The standard InChI is InChI=1S/C15H18BrNO3/c1-10-8-17(9-13(10)15(19)20-2)14(18)7-11-3-5-12(16)6-4-11/h3-6,10,13H,7-9H2,1-2H3. The number of esters is 1. The van der Waals surface area contributed by atoms with E-state index < -0.39 is 0 Å². The molecule has 0 N–H and O–H groups in total. The monoisotopic (exact) mass is 339 g/mol. The molecule has 1 aliphatic rings. The highest BCUT2D eigenvalue weighted by Gasteiger charge is 2.37. The van der Waals surface area contributed by atoms with Gasteiger partial charge in [0, 0.05) is 17.6 Å². The molecule has 2 rings (SSSR count). The number of carbonyl (C=O) groups excluding carboxylic acids is 2. The van der Waals surface area contributed by atoms with Gasteiger partial charge in [-0.25, -0.2) is 0 Å². The molecular formula is C15H18BrNO3. The van der Waals surface area contributed by atoms with Crippen LogP contribution in [-0.2, 0) is 20.7 Å². The van der Waals surface area contributed by atoms with E-state index in [9.17, 15) is 9.59 Å². The van der Waals surface area contributed by atoms with Crippen LogP contribution in [0.25, 0.3) is 0 Å². The van der Waals surface area contributed by atoms with Gasteiger partial charge >= 0.3 is 5.97 Å². The average Bonchev–Trinajstić information content (AvgIpc) is 2.82. The molecule has 1 fully saturated rings. The second-order valence-electron chi connectivity index (χ2n) is 5.21. The van der Waals surface area contributed by atoms with Crippen LogP contribution in [0.2, 0.25) is 0 Å². The Bertz CT molecular complexity index is 500. The lowest BCUT2D eigenvalue weighted by molar-refractivity contribution is -0.146. The summed E-state index contributed by atoms with van der Waals surface area (Å²) in [5.74, 6) is -0.216. The SMILES string of the molecule is COC(=O)C1CN(C(=O)Cc2ccc(Br)cc2)CC1C. The fraction of sp³-hybridized carbons (Fsp3) is 0.467. The lowest BCUT2D eigenvalue weighted by Crippen LogP contribution is -2.31. The highest BCUT2D eigenvalue weighted by molar-refractivity contribution is 9.10. The fourth-order valence-electron chi connectivity index (χ4n) is 2.52. The van der Waals surface area contributed by atoms with Crippen molar-refractivity contribution in [2.45, 2.75) is 13.3 Å². The first-order valence-electron chi connectivity index (χ1n) is 6.61. The van der Waals surface area contributed by atoms with Crippen molar-refractivity contribution in [1.82, 2.24) is 4.90 Å². The highest BCUT2D eigenvalue weighted by atomic mass is 79.9. The van der Waals surface area contributed by atoms with Crippen molar-refractivity contribution in [2.24, 2.45) is 11.8 Å². The van der Waals surface area contributed by atoms with E-state index >= 15 is 0 Å². The van der Waals surface area contributed by atoms with E-state index in [0.29, 0.717) is 19.5 Å². The Morgan fingerprint density at radius 3 is 2.55 bits per heavy atom. The Kier molecular flexibility index (Phi) is 4.81. The van der Waals surface area contributed by atoms with E-state index in [-0.39, 0.29) is 23.7 Å². The zero-order valence-corrected chi connectivity index (χ0v) is 13.2. The van der Waals surface area contributed by atoms with Crippen molar-refractivity contribution in [3.8, 4) is 0 Å². The summed E-state index contributed by atoms with van der Waals surface area (Å²) in [6.07, 6.45) is 0.369. The number of benzene rings is 1. The lowest BCUT2D eigenvalue weighted by Gasteiger charge is -2.16. The number of carbonyl (C=O) groups is 2. The molecule has 20 heavy (non-hydrogen) atoms. The third-order valence-electron chi connectivity index (χ3n) is 3.74. The van der Waals surface area contributed by atoms with Crippen molar-refractivity contribution in [2.75, 3.05) is 20.2 Å². The van der Waals surface area contributed by atoms with Crippen molar-refractivity contribution in [3.63, 3.8) is 0 Å². The Balaban J connectivity index is 1.97. The average molecular weight is 340 g/mol. The molecule has 0 aliphatic carbocycles. The molecule has 2 unspecified atom stereocenters. The van der Waals surface area contributed by atoms with E-state index in [1.165, 1.54) is 7.11 Å². The van der Waals surface area contributed by atoms with E-state index in [4.69, 9.17) is 4.74 Å². The number of amides is 1. The van der Waals surface area contributed by atoms with Gasteiger partial charge in [0.1, 0.15) is 0 Å². The second-order valence-corrected chi connectivity index (χ2v) is 6.12. The molecule has 1 aromatic rings. The Hall–Kier alpha value is -1.36. The van der Waals surface area contributed by atoms with Crippen molar-refractivity contribution < 1.29 is 14.3 Å². The van der Waals surface area contributed by atoms with Crippen LogP contribution in [0.5, 0.6) is 0 Å². The summed E-state index contributed by atoms with van der Waals surface area (Å²) in [6, 6.07) is 7.71. The van der Waals surface area contributed by atoms with E-state index in [0.717, 1.165) is 10.0 Å². The topological polar surface area (TPSA) is 46.6 Å². The van der Waals surface area contributed by atoms with E-state index in [1.54, 1.807) is 4.90 Å². The van der Waals surface area contributed by atoms with Gasteiger partial charge in [-0.3, -0.25) is 9.59 Å². The minimum Gasteiger partial charge on any atom is -0.469 e. The number of methoxy groups -OCH3 is 1. The second kappa shape index (κ2) is 6.39. The maximum atomic E-state index is 12.3. The van der Waals surface area contributed by atoms with Crippen molar-refractivity contribution in [1.29, 1.82) is 0 Å². The zero-order valence-electron chi connectivity index (χ0n) is 11.6. The Morgan fingerprint density at radius 1 is 1.30 bits per heavy atom. The molecule has 0 spiro atoms. The van der Waals surface area contributed by atoms with Crippen LogP contribution in [0.1, 0.15) is 12.5 Å². The summed E-state index contributed by atoms with van der Waals surface area (Å²) in [4.78, 5) is 25.6. The normalized spacial score (nSPS) is 21.9. The molecule has 1 saturated heterocycles. The van der Waals surface area contributed by atoms with Crippen LogP contribution in [0, 0.1) is 11.8 Å². The molecule has 1 aliphatic heterocycles. The van der Waals surface area contributed by atoms with Crippen LogP contribution < -0.4 is 0 Å². The molecule has 1 amide bonds. The van der Waals surface area contributed by atoms with Crippen LogP contribution in [-0.4, -0.2) is 37.0 Å². The number of nitrogens with zero attached hydrogens (tertiary/aromatic N) is 1. The summed E-state index contributed by atoms with van der Waals surface area (Å²) >= 11 is 3.37. The number of halogens is 1. The van der Waals surface area contributed by atoms with Gasteiger partial charge in [-0.1, -0.05) is 35.0 Å². The molecule has 108 valence electrons. The summed E-state index contributed by atoms with van der Waals surface area (Å²) in [7, 11) is 1.39. The van der Waals surface area contributed by atoms with Gasteiger partial charge in [-0.2, -0.15) is 0 Å². The number of ether oxygens (including phenoxy) is 1. The molecule has 1 aromatic carbocycles. The summed E-state index contributed by atoms with van der Waals surface area (Å²) in [5.41, 5.74) is 0.979. The van der Waals surface area contributed by atoms with Crippen LogP contribution in [0.3, 0.4) is 0 Å². The molecule has 0 bridgehead atoms. The van der Waals surface area contributed by atoms with Crippen molar-refractivity contribution >= 4 is 27.8 Å². The first-order chi connectivity index (χ1) is 9.51. The smallest absolute Gasteiger partial charge is 0.310 e. The van der Waals surface area contributed by atoms with E-state index in [1.807, 2.05) is 31.2 Å². The molecule has 2 atom stereocenters. The largest absolute Gasteiger partial charge is 0.469 e. The summed E-state index contributed by atoms with van der Waals surface area (Å²) in [5, 5.41) is 0. The fourth-order valence-corrected chi connectivity index (χ4v) is 2.78. The number of hydrogen-bond acceptors (Lipinski definition) is 3. The zero-order chi connectivity index (χ0) is 14.7. The summed E-state index contributed by atoms with van der Waals surface area (Å²) in [6.45, 7) is 3.06. The van der Waals surface area contributed by atoms with Crippen LogP contribution in [0.4, 0.5) is 0 Å². The van der Waals surface area contributed by atoms with Gasteiger partial charge < -0.3 is 9.64 Å². The van der Waals surface area contributed by atoms with Gasteiger partial charge in [-0.15, -0.1) is 0 Å².